The molecule has 2 heterocycles. The minimum absolute atomic E-state index is 0.0579. The van der Waals surface area contributed by atoms with Crippen LogP contribution in [0.3, 0.4) is 0 Å². The fourth-order valence-corrected chi connectivity index (χ4v) is 6.85. The van der Waals surface area contributed by atoms with Gasteiger partial charge in [-0.3, -0.25) is 4.79 Å². The molecular weight excluding hydrogens is 608 g/mol. The first-order valence-corrected chi connectivity index (χ1v) is 16.6. The molecule has 2 aliphatic rings. The molecule has 0 bridgehead atoms. The van der Waals surface area contributed by atoms with Crippen molar-refractivity contribution in [2.24, 2.45) is 0 Å². The predicted molar refractivity (Wildman–Crippen MR) is 159 cm³/mol. The molecule has 0 amide bonds. The van der Waals surface area contributed by atoms with E-state index in [1.165, 1.54) is 49.4 Å². The van der Waals surface area contributed by atoms with E-state index in [9.17, 15) is 21.6 Å². The van der Waals surface area contributed by atoms with Crippen LogP contribution in [0.15, 0.2) is 117 Å². The minimum atomic E-state index is -3.66. The number of ether oxygens (including phenoxy) is 4. The lowest BCUT2D eigenvalue weighted by molar-refractivity contribution is 0.0453. The number of hydrogen-bond donors (Lipinski definition) is 1. The van der Waals surface area contributed by atoms with Gasteiger partial charge in [-0.15, -0.1) is 0 Å². The van der Waals surface area contributed by atoms with Crippen molar-refractivity contribution in [3.63, 3.8) is 0 Å². The molecule has 4 aromatic rings. The summed E-state index contributed by atoms with van der Waals surface area (Å²) in [6.07, 6.45) is -0.422. The van der Waals surface area contributed by atoms with Crippen LogP contribution in [0.2, 0.25) is 0 Å². The van der Waals surface area contributed by atoms with Crippen molar-refractivity contribution >= 4 is 25.5 Å². The van der Waals surface area contributed by atoms with Crippen molar-refractivity contribution < 1.29 is 45.7 Å². The molecule has 0 saturated carbocycles. The highest BCUT2D eigenvalue weighted by Crippen LogP contribution is 2.35. The van der Waals surface area contributed by atoms with Gasteiger partial charge in [-0.05, 0) is 61.5 Å². The smallest absolute Gasteiger partial charge is 0.206 e. The molecule has 2 atom stereocenters. The molecule has 0 aliphatic carbocycles. The Balaban J connectivity index is 0.000000175. The van der Waals surface area contributed by atoms with Crippen LogP contribution in [-0.2, 0) is 24.4 Å². The fourth-order valence-electron chi connectivity index (χ4n) is 4.25. The molecule has 12 heteroatoms. The van der Waals surface area contributed by atoms with Crippen molar-refractivity contribution in [1.29, 1.82) is 0 Å². The molecule has 6 rings (SSSR count). The highest BCUT2D eigenvalue weighted by molar-refractivity contribution is 7.91. The first-order valence-electron chi connectivity index (χ1n) is 13.6. The number of aliphatic hydroxyl groups excluding tert-OH is 1. The van der Waals surface area contributed by atoms with E-state index < -0.39 is 25.8 Å². The summed E-state index contributed by atoms with van der Waals surface area (Å²) in [6.45, 7) is 2.44. The average molecular weight is 639 g/mol. The zero-order valence-electron chi connectivity index (χ0n) is 23.7. The first kappa shape index (κ1) is 31.2. The molecule has 1 N–H and O–H groups in total. The van der Waals surface area contributed by atoms with Crippen molar-refractivity contribution in [2.75, 3.05) is 26.4 Å². The minimum Gasteiger partial charge on any atom is -0.490 e. The third kappa shape index (κ3) is 7.11. The summed E-state index contributed by atoms with van der Waals surface area (Å²) < 4.78 is 71.8. The van der Waals surface area contributed by atoms with E-state index in [0.717, 1.165) is 0 Å². The van der Waals surface area contributed by atoms with Crippen molar-refractivity contribution in [3.05, 3.63) is 103 Å². The second kappa shape index (κ2) is 13.2. The number of epoxide rings is 1. The Morgan fingerprint density at radius 2 is 1.32 bits per heavy atom. The molecule has 0 radical (unpaired) electrons. The van der Waals surface area contributed by atoms with Gasteiger partial charge in [0.05, 0.1) is 38.4 Å². The molecule has 10 nitrogen and oxygen atoms in total. The van der Waals surface area contributed by atoms with Crippen LogP contribution < -0.4 is 14.2 Å². The summed E-state index contributed by atoms with van der Waals surface area (Å²) in [6, 6.07) is 25.1. The summed E-state index contributed by atoms with van der Waals surface area (Å²) in [5.41, 5.74) is 0.252. The number of sulfone groups is 2. The SMILES string of the molecule is CC(=O)c1cc(S(=O)(=O)c2ccccc2)ccc1OCC1CO1.O=S(=O)(c1ccccc1)c1ccc2c(c1)O[C@H](CO)CO2. The number of carbonyl (C=O) groups is 1. The van der Waals surface area contributed by atoms with Crippen LogP contribution in [0.25, 0.3) is 0 Å². The lowest BCUT2D eigenvalue weighted by atomic mass is 10.1. The molecular formula is C32H30O10S2. The standard InChI is InChI=1S/C17H16O5S.C15H14O5S/c1-12(18)16-9-15(7-8-17(16)22-11-13-10-21-13)23(19,20)14-5-3-2-4-6-14;16-9-11-10-19-14-7-6-13(8-15(14)20-11)21(17,18)12-4-2-1-3-5-12/h2-9,13H,10-11H2,1H3;1-8,11,16H,9-10H2/t;11-/m.1/s1. The summed E-state index contributed by atoms with van der Waals surface area (Å²) in [4.78, 5) is 12.5. The van der Waals surface area contributed by atoms with Crippen LogP contribution in [0.5, 0.6) is 17.2 Å². The highest BCUT2D eigenvalue weighted by atomic mass is 32.2. The van der Waals surface area contributed by atoms with Gasteiger partial charge in [-0.25, -0.2) is 16.8 Å². The molecule has 1 unspecified atom stereocenters. The molecule has 2 aliphatic heterocycles. The lowest BCUT2D eigenvalue weighted by Gasteiger charge is -2.25. The number of carbonyl (C=O) groups excluding carboxylic acids is 1. The second-order valence-electron chi connectivity index (χ2n) is 9.96. The molecule has 0 spiro atoms. The summed E-state index contributed by atoms with van der Waals surface area (Å²) in [5, 5.41) is 9.10. The van der Waals surface area contributed by atoms with E-state index in [4.69, 9.17) is 24.1 Å². The molecule has 44 heavy (non-hydrogen) atoms. The third-order valence-electron chi connectivity index (χ3n) is 6.72. The normalized spacial score (nSPS) is 17.1. The van der Waals surface area contributed by atoms with Gasteiger partial charge in [0.25, 0.3) is 0 Å². The Hall–Kier alpha value is -4.23. The van der Waals surface area contributed by atoms with Gasteiger partial charge in [-0.2, -0.15) is 0 Å². The molecule has 0 aromatic heterocycles. The highest BCUT2D eigenvalue weighted by Gasteiger charge is 2.26. The van der Waals surface area contributed by atoms with E-state index in [2.05, 4.69) is 0 Å². The first-order chi connectivity index (χ1) is 21.1. The van der Waals surface area contributed by atoms with Crippen molar-refractivity contribution in [3.8, 4) is 17.2 Å². The second-order valence-corrected chi connectivity index (χ2v) is 13.9. The quantitative estimate of drug-likeness (QED) is 0.210. The number of aliphatic hydroxyl groups is 1. The fraction of sp³-hybridized carbons (Fsp3) is 0.219. The van der Waals surface area contributed by atoms with Gasteiger partial charge in [0, 0.05) is 6.07 Å². The summed E-state index contributed by atoms with van der Waals surface area (Å²) >= 11 is 0. The zero-order chi connectivity index (χ0) is 31.3. The van der Waals surface area contributed by atoms with E-state index >= 15 is 0 Å². The van der Waals surface area contributed by atoms with Crippen molar-refractivity contribution in [2.45, 2.75) is 38.7 Å². The van der Waals surface area contributed by atoms with E-state index in [1.807, 2.05) is 0 Å². The lowest BCUT2D eigenvalue weighted by Crippen LogP contribution is -2.32. The summed E-state index contributed by atoms with van der Waals surface area (Å²) in [7, 11) is -7.26. The van der Waals surface area contributed by atoms with Gasteiger partial charge < -0.3 is 24.1 Å². The van der Waals surface area contributed by atoms with Crippen LogP contribution >= 0.6 is 0 Å². The maximum atomic E-state index is 12.6. The van der Waals surface area contributed by atoms with Crippen LogP contribution in [0, 0.1) is 0 Å². The van der Waals surface area contributed by atoms with Gasteiger partial charge in [0.15, 0.2) is 23.4 Å². The number of fused-ring (bicyclic) bond motifs is 1. The Morgan fingerprint density at radius 1 is 0.750 bits per heavy atom. The Morgan fingerprint density at radius 3 is 1.86 bits per heavy atom. The Bertz CT molecular complexity index is 1840. The van der Waals surface area contributed by atoms with Gasteiger partial charge in [0.1, 0.15) is 25.1 Å². The van der Waals surface area contributed by atoms with E-state index in [0.29, 0.717) is 30.5 Å². The number of Topliss-reactive ketones (excluding diaryl/α,β-unsaturated/α-hetero) is 1. The maximum absolute atomic E-state index is 12.6. The molecule has 230 valence electrons. The number of hydrogen-bond acceptors (Lipinski definition) is 10. The van der Waals surface area contributed by atoms with E-state index in [-0.39, 0.29) is 50.2 Å². The number of ketones is 1. The topological polar surface area (TPSA) is 146 Å². The summed E-state index contributed by atoms with van der Waals surface area (Å²) in [5.74, 6) is 0.936. The molecule has 4 aromatic carbocycles. The molecule has 1 saturated heterocycles. The van der Waals surface area contributed by atoms with Crippen LogP contribution in [-0.4, -0.2) is 66.4 Å². The van der Waals surface area contributed by atoms with Gasteiger partial charge in [0.2, 0.25) is 19.7 Å². The third-order valence-corrected chi connectivity index (χ3v) is 10.3. The average Bonchev–Trinajstić information content (AvgIpc) is 3.89. The maximum Gasteiger partial charge on any atom is 0.206 e. The zero-order valence-corrected chi connectivity index (χ0v) is 25.3. The van der Waals surface area contributed by atoms with Gasteiger partial charge in [-0.1, -0.05) is 36.4 Å². The largest absolute Gasteiger partial charge is 0.490 e. The molecule has 1 fully saturated rings. The van der Waals surface area contributed by atoms with Crippen LogP contribution in [0.1, 0.15) is 17.3 Å². The predicted octanol–water partition coefficient (Wildman–Crippen LogP) is 4.15. The Kier molecular flexibility index (Phi) is 9.35. The van der Waals surface area contributed by atoms with Crippen LogP contribution in [0.4, 0.5) is 0 Å². The number of benzene rings is 4. The van der Waals surface area contributed by atoms with Gasteiger partial charge >= 0.3 is 0 Å². The number of rotatable bonds is 9. The van der Waals surface area contributed by atoms with E-state index in [1.54, 1.807) is 54.6 Å². The Labute approximate surface area is 255 Å². The monoisotopic (exact) mass is 638 g/mol. The van der Waals surface area contributed by atoms with Crippen molar-refractivity contribution in [1.82, 2.24) is 0 Å².